The van der Waals surface area contributed by atoms with Crippen LogP contribution in [0.1, 0.15) is 18.4 Å². The van der Waals surface area contributed by atoms with Gasteiger partial charge in [-0.15, -0.1) is 0 Å². The largest absolute Gasteiger partial charge is 0.467 e. The van der Waals surface area contributed by atoms with Crippen molar-refractivity contribution in [2.45, 2.75) is 56.1 Å². The molecule has 6 N–H and O–H groups in total. The zero-order valence-electron chi connectivity index (χ0n) is 17.4. The van der Waals surface area contributed by atoms with Crippen LogP contribution in [0.15, 0.2) is 30.3 Å². The normalized spacial score (nSPS) is 26.0. The van der Waals surface area contributed by atoms with E-state index in [4.69, 9.17) is 9.47 Å². The smallest absolute Gasteiger partial charge is 0.408 e. The third-order valence-electron chi connectivity index (χ3n) is 4.85. The molecule has 0 aromatic heterocycles. The van der Waals surface area contributed by atoms with Gasteiger partial charge in [0.25, 0.3) is 0 Å². The number of nitrogens with one attached hydrogen (secondary N) is 2. The van der Waals surface area contributed by atoms with Crippen LogP contribution >= 0.6 is 0 Å². The fourth-order valence-corrected chi connectivity index (χ4v) is 3.03. The van der Waals surface area contributed by atoms with E-state index in [2.05, 4.69) is 15.4 Å². The number of alkyl carbamates (subject to hydrolysis) is 1. The van der Waals surface area contributed by atoms with E-state index >= 15 is 0 Å². The summed E-state index contributed by atoms with van der Waals surface area (Å²) in [5.41, 5.74) is 0.746. The van der Waals surface area contributed by atoms with Crippen LogP contribution in [0.4, 0.5) is 4.79 Å². The molecular formula is C20H28N2O10. The molecule has 6 atom stereocenters. The Balaban J connectivity index is 1.86. The fourth-order valence-electron chi connectivity index (χ4n) is 3.03. The molecule has 0 aliphatic carbocycles. The highest BCUT2D eigenvalue weighted by atomic mass is 16.6. The predicted octanol–water partition coefficient (Wildman–Crippen LogP) is -1.85. The van der Waals surface area contributed by atoms with Gasteiger partial charge in [-0.05, 0) is 12.0 Å². The van der Waals surface area contributed by atoms with Crippen LogP contribution in [-0.4, -0.2) is 88.8 Å². The zero-order chi connectivity index (χ0) is 23.7. The maximum atomic E-state index is 12.2. The Kier molecular flexibility index (Phi) is 9.81. The molecule has 1 heterocycles. The topological polar surface area (TPSA) is 184 Å². The van der Waals surface area contributed by atoms with E-state index < -0.39 is 61.3 Å². The van der Waals surface area contributed by atoms with E-state index in [-0.39, 0.29) is 19.4 Å². The van der Waals surface area contributed by atoms with Gasteiger partial charge in [0.2, 0.25) is 5.91 Å². The lowest BCUT2D eigenvalue weighted by molar-refractivity contribution is -0.236. The molecule has 0 bridgehead atoms. The Labute approximate surface area is 184 Å². The number of rotatable bonds is 9. The second-order valence-corrected chi connectivity index (χ2v) is 7.14. The standard InChI is InChI=1S/C20H28N2O10/c1-30-19(28)12(21-20(29)31-10-11-5-3-2-4-6-11)7-8-14(24)22-18-17(27)16(26)15(25)13(9-23)32-18/h2-6,12-13,15-18,23,25-27H,7-10H2,1H3,(H,21,29)(H,22,24)/t12-,13+,15+,16-,17+,18-/m0/s1. The summed E-state index contributed by atoms with van der Waals surface area (Å²) in [4.78, 5) is 36.2. The quantitative estimate of drug-likeness (QED) is 0.231. The highest BCUT2D eigenvalue weighted by Crippen LogP contribution is 2.20. The maximum Gasteiger partial charge on any atom is 0.408 e. The van der Waals surface area contributed by atoms with Crippen LogP contribution in [-0.2, 0) is 30.4 Å². The number of hydrogen-bond donors (Lipinski definition) is 6. The van der Waals surface area contributed by atoms with Crippen LogP contribution in [0, 0.1) is 0 Å². The Bertz CT molecular complexity index is 760. The summed E-state index contributed by atoms with van der Waals surface area (Å²) in [5.74, 6) is -1.47. The SMILES string of the molecule is COC(=O)[C@H](CCC(=O)N[C@H]1O[C@H](CO)[C@@H](O)[C@H](O)[C@H]1O)NC(=O)OCc1ccccc1. The number of aliphatic hydroxyl groups is 4. The molecule has 178 valence electrons. The van der Waals surface area contributed by atoms with Gasteiger partial charge in [0.1, 0.15) is 37.1 Å². The minimum atomic E-state index is -1.64. The van der Waals surface area contributed by atoms with Crippen molar-refractivity contribution >= 4 is 18.0 Å². The first-order chi connectivity index (χ1) is 15.3. The molecule has 0 saturated carbocycles. The van der Waals surface area contributed by atoms with Gasteiger partial charge in [-0.2, -0.15) is 0 Å². The first-order valence-corrected chi connectivity index (χ1v) is 9.91. The van der Waals surface area contributed by atoms with Crippen molar-refractivity contribution in [3.63, 3.8) is 0 Å². The average molecular weight is 456 g/mol. The van der Waals surface area contributed by atoms with E-state index in [1.54, 1.807) is 24.3 Å². The van der Waals surface area contributed by atoms with Crippen molar-refractivity contribution in [1.82, 2.24) is 10.6 Å². The maximum absolute atomic E-state index is 12.2. The number of aliphatic hydroxyl groups excluding tert-OH is 4. The highest BCUT2D eigenvalue weighted by Gasteiger charge is 2.44. The summed E-state index contributed by atoms with van der Waals surface area (Å²) in [7, 11) is 1.13. The molecule has 1 aromatic rings. The van der Waals surface area contributed by atoms with E-state index in [0.29, 0.717) is 0 Å². The number of ether oxygens (including phenoxy) is 3. The number of methoxy groups -OCH3 is 1. The molecule has 0 spiro atoms. The average Bonchev–Trinajstić information content (AvgIpc) is 2.80. The van der Waals surface area contributed by atoms with Crippen LogP contribution in [0.25, 0.3) is 0 Å². The predicted molar refractivity (Wildman–Crippen MR) is 107 cm³/mol. The third kappa shape index (κ3) is 7.14. The molecule has 1 saturated heterocycles. The Morgan fingerprint density at radius 3 is 2.41 bits per heavy atom. The van der Waals surface area contributed by atoms with Gasteiger partial charge in [0.05, 0.1) is 13.7 Å². The van der Waals surface area contributed by atoms with Crippen LogP contribution in [0.5, 0.6) is 0 Å². The summed E-state index contributed by atoms with van der Waals surface area (Å²) >= 11 is 0. The van der Waals surface area contributed by atoms with E-state index in [9.17, 15) is 34.8 Å². The van der Waals surface area contributed by atoms with Crippen LogP contribution in [0.3, 0.4) is 0 Å². The lowest BCUT2D eigenvalue weighted by atomic mass is 9.98. The zero-order valence-corrected chi connectivity index (χ0v) is 17.4. The van der Waals surface area contributed by atoms with Gasteiger partial charge in [-0.3, -0.25) is 4.79 Å². The van der Waals surface area contributed by atoms with Gasteiger partial charge >= 0.3 is 12.1 Å². The van der Waals surface area contributed by atoms with Crippen molar-refractivity contribution in [1.29, 1.82) is 0 Å². The van der Waals surface area contributed by atoms with Gasteiger partial charge in [-0.1, -0.05) is 30.3 Å². The van der Waals surface area contributed by atoms with Gasteiger partial charge in [0, 0.05) is 6.42 Å². The summed E-state index contributed by atoms with van der Waals surface area (Å²) in [5, 5.41) is 43.3. The molecule has 0 radical (unpaired) electrons. The van der Waals surface area contributed by atoms with Gasteiger partial charge in [0.15, 0.2) is 6.23 Å². The molecule has 1 aliphatic rings. The molecule has 1 fully saturated rings. The van der Waals surface area contributed by atoms with Crippen molar-refractivity contribution in [3.05, 3.63) is 35.9 Å². The van der Waals surface area contributed by atoms with Crippen molar-refractivity contribution in [2.24, 2.45) is 0 Å². The van der Waals surface area contributed by atoms with Gasteiger partial charge in [-0.25, -0.2) is 9.59 Å². The Morgan fingerprint density at radius 1 is 1.09 bits per heavy atom. The lowest BCUT2D eigenvalue weighted by Crippen LogP contribution is -2.63. The van der Waals surface area contributed by atoms with Crippen LogP contribution < -0.4 is 10.6 Å². The summed E-state index contributed by atoms with van der Waals surface area (Å²) < 4.78 is 14.9. The molecular weight excluding hydrogens is 428 g/mol. The van der Waals surface area contributed by atoms with E-state index in [1.807, 2.05) is 6.07 Å². The molecule has 12 nitrogen and oxygen atoms in total. The number of amides is 2. The molecule has 2 amide bonds. The molecule has 32 heavy (non-hydrogen) atoms. The third-order valence-corrected chi connectivity index (χ3v) is 4.85. The van der Waals surface area contributed by atoms with Crippen molar-refractivity contribution in [3.8, 4) is 0 Å². The van der Waals surface area contributed by atoms with Gasteiger partial charge < -0.3 is 45.3 Å². The summed E-state index contributed by atoms with van der Waals surface area (Å²) in [6.07, 6.45) is -8.73. The van der Waals surface area contributed by atoms with Crippen molar-refractivity contribution < 1.29 is 49.0 Å². The van der Waals surface area contributed by atoms with Crippen molar-refractivity contribution in [2.75, 3.05) is 13.7 Å². The summed E-state index contributed by atoms with van der Waals surface area (Å²) in [6, 6.07) is 7.71. The van der Waals surface area contributed by atoms with E-state index in [0.717, 1.165) is 12.7 Å². The minimum absolute atomic E-state index is 0.0157. The minimum Gasteiger partial charge on any atom is -0.467 e. The number of benzene rings is 1. The van der Waals surface area contributed by atoms with E-state index in [1.165, 1.54) is 0 Å². The Hall–Kier alpha value is -2.77. The number of carbonyl (C=O) groups is 3. The molecule has 1 aliphatic heterocycles. The number of esters is 1. The first kappa shape index (κ1) is 25.5. The summed E-state index contributed by atoms with van der Waals surface area (Å²) in [6.45, 7) is -0.658. The first-order valence-electron chi connectivity index (χ1n) is 9.91. The number of carbonyl (C=O) groups excluding carboxylic acids is 3. The lowest BCUT2D eigenvalue weighted by Gasteiger charge is -2.40. The molecule has 2 rings (SSSR count). The monoisotopic (exact) mass is 456 g/mol. The highest BCUT2D eigenvalue weighted by molar-refractivity contribution is 5.82. The number of hydrogen-bond acceptors (Lipinski definition) is 10. The second kappa shape index (κ2) is 12.3. The Morgan fingerprint density at radius 2 is 1.78 bits per heavy atom. The molecule has 12 heteroatoms. The molecule has 1 aromatic carbocycles. The molecule has 0 unspecified atom stereocenters. The fraction of sp³-hybridized carbons (Fsp3) is 0.550. The van der Waals surface area contributed by atoms with Crippen LogP contribution in [0.2, 0.25) is 0 Å². The second-order valence-electron chi connectivity index (χ2n) is 7.14.